The number of ether oxygens (including phenoxy) is 6. The smallest absolute Gasteiger partial charge is 0.410 e. The van der Waals surface area contributed by atoms with Gasteiger partial charge in [0.25, 0.3) is 0 Å². The normalized spacial score (nSPS) is 32.1. The lowest BCUT2D eigenvalue weighted by Gasteiger charge is -2.47. The van der Waals surface area contributed by atoms with Crippen molar-refractivity contribution >= 4 is 29.6 Å². The molecule has 0 spiro atoms. The Hall–Kier alpha value is -5.03. The Morgan fingerprint density at radius 1 is 0.970 bits per heavy atom. The summed E-state index contributed by atoms with van der Waals surface area (Å²) in [5, 5.41) is 0. The molecule has 5 heterocycles. The fourth-order valence-corrected chi connectivity index (χ4v) is 10.2. The molecule has 6 rings (SSSR count). The summed E-state index contributed by atoms with van der Waals surface area (Å²) in [7, 11) is 5.27. The molecule has 1 aromatic carbocycles. The summed E-state index contributed by atoms with van der Waals surface area (Å²) in [4.78, 5) is 83.8. The van der Waals surface area contributed by atoms with Crippen molar-refractivity contribution in [3.63, 3.8) is 0 Å². The van der Waals surface area contributed by atoms with Crippen LogP contribution >= 0.6 is 0 Å². The Kier molecular flexibility index (Phi) is 16.8. The number of imidazole rings is 1. The van der Waals surface area contributed by atoms with E-state index in [0.29, 0.717) is 37.9 Å². The van der Waals surface area contributed by atoms with Crippen molar-refractivity contribution in [2.45, 2.75) is 161 Å². The van der Waals surface area contributed by atoms with E-state index in [-0.39, 0.29) is 43.6 Å². The Morgan fingerprint density at radius 3 is 2.33 bits per heavy atom. The van der Waals surface area contributed by atoms with E-state index in [0.717, 1.165) is 17.0 Å². The molecule has 0 aliphatic carbocycles. The highest BCUT2D eigenvalue weighted by Crippen LogP contribution is 2.43. The van der Waals surface area contributed by atoms with Crippen LogP contribution in [0.5, 0.6) is 0 Å². The van der Waals surface area contributed by atoms with Crippen molar-refractivity contribution in [1.29, 1.82) is 0 Å². The number of likely N-dealkylation sites (N-methyl/N-ethyl adjacent to an activating group) is 1. The number of carbonyl (C=O) groups excluding carboxylic acids is 5. The highest BCUT2D eigenvalue weighted by atomic mass is 16.7. The number of ketones is 2. The fraction of sp³-hybridized carbons (Fsp3) is 0.627. The quantitative estimate of drug-likeness (QED) is 0.0684. The number of esters is 2. The zero-order valence-corrected chi connectivity index (χ0v) is 41.1. The SMILES string of the molecule is CC[C@H]1OC(=O)[C@H](C)C(=O)[C@H](C)[C@@H](OC2O[C@H](C)C[C@H](N(C)C)[C@H]2OC(=O)c2ccccc2)[C@](C)(OC)C[C@@H](C)C(=O)C[C@H]2N(CCCCn3cnc(-c4ccc(C)nc4)c3)C(=O)O[C@]12CC. The lowest BCUT2D eigenvalue weighted by atomic mass is 9.75. The third-order valence-corrected chi connectivity index (χ3v) is 14.3. The maximum Gasteiger partial charge on any atom is 0.410 e. The molecular formula is C51H71N5O11. The molecule has 2 aromatic heterocycles. The van der Waals surface area contributed by atoms with Gasteiger partial charge in [-0.3, -0.25) is 19.4 Å². The molecule has 67 heavy (non-hydrogen) atoms. The molecule has 0 N–H and O–H groups in total. The van der Waals surface area contributed by atoms with Gasteiger partial charge in [0.15, 0.2) is 23.8 Å². The highest BCUT2D eigenvalue weighted by Gasteiger charge is 2.60. The van der Waals surface area contributed by atoms with Gasteiger partial charge in [-0.15, -0.1) is 0 Å². The Bertz CT molecular complexity index is 2180. The van der Waals surface area contributed by atoms with E-state index in [9.17, 15) is 24.0 Å². The molecule has 3 fully saturated rings. The number of aromatic nitrogens is 3. The molecule has 3 aliphatic heterocycles. The van der Waals surface area contributed by atoms with Gasteiger partial charge in [0.05, 0.1) is 47.5 Å². The average molecular weight is 930 g/mol. The number of cyclic esters (lactones) is 1. The highest BCUT2D eigenvalue weighted by molar-refractivity contribution is 6.00. The maximum atomic E-state index is 14.7. The average Bonchev–Trinajstić information content (AvgIpc) is 3.90. The Morgan fingerprint density at radius 2 is 1.69 bits per heavy atom. The number of methoxy groups -OCH3 is 1. The lowest BCUT2D eigenvalue weighted by Crippen LogP contribution is -2.60. The van der Waals surface area contributed by atoms with Crippen molar-refractivity contribution in [2.75, 3.05) is 27.7 Å². The third-order valence-electron chi connectivity index (χ3n) is 14.3. The summed E-state index contributed by atoms with van der Waals surface area (Å²) in [5.74, 6) is -4.95. The molecule has 3 aliphatic rings. The van der Waals surface area contributed by atoms with E-state index in [1.54, 1.807) is 55.5 Å². The number of Topliss-reactive ketones (excluding diaryl/α,β-unsaturated/α-hetero) is 2. The zero-order valence-electron chi connectivity index (χ0n) is 41.1. The number of pyridine rings is 1. The summed E-state index contributed by atoms with van der Waals surface area (Å²) in [6.07, 6.45) is 2.79. The minimum absolute atomic E-state index is 0.0785. The van der Waals surface area contributed by atoms with Gasteiger partial charge in [-0.2, -0.15) is 0 Å². The number of aryl methyl sites for hydroxylation is 2. The first-order valence-electron chi connectivity index (χ1n) is 23.9. The van der Waals surface area contributed by atoms with Crippen molar-refractivity contribution in [2.24, 2.45) is 17.8 Å². The maximum absolute atomic E-state index is 14.7. The van der Waals surface area contributed by atoms with Gasteiger partial charge >= 0.3 is 18.0 Å². The number of rotatable bonds is 14. The second kappa shape index (κ2) is 21.9. The van der Waals surface area contributed by atoms with Crippen molar-refractivity contribution in [3.8, 4) is 11.3 Å². The molecule has 0 bridgehead atoms. The number of hydrogen-bond acceptors (Lipinski definition) is 14. The van der Waals surface area contributed by atoms with Gasteiger partial charge in [-0.25, -0.2) is 14.6 Å². The molecule has 12 atom stereocenters. The number of hydrogen-bond donors (Lipinski definition) is 0. The summed E-state index contributed by atoms with van der Waals surface area (Å²) >= 11 is 0. The van der Waals surface area contributed by atoms with Gasteiger partial charge in [-0.05, 0) is 105 Å². The number of fused-ring (bicyclic) bond motifs is 1. The number of nitrogens with zero attached hydrogens (tertiary/aromatic N) is 5. The molecule has 3 aromatic rings. The molecule has 1 amide bonds. The van der Waals surface area contributed by atoms with E-state index in [1.807, 2.05) is 82.6 Å². The van der Waals surface area contributed by atoms with Gasteiger partial charge in [0, 0.05) is 62.1 Å². The minimum Gasteiger partial charge on any atom is -0.457 e. The van der Waals surface area contributed by atoms with Crippen LogP contribution in [-0.2, 0) is 49.3 Å². The lowest BCUT2D eigenvalue weighted by molar-refractivity contribution is -0.294. The monoisotopic (exact) mass is 930 g/mol. The topological polar surface area (TPSA) is 178 Å². The molecule has 16 nitrogen and oxygen atoms in total. The molecule has 1 unspecified atom stereocenters. The van der Waals surface area contributed by atoms with E-state index < -0.39 is 83.4 Å². The zero-order chi connectivity index (χ0) is 48.8. The summed E-state index contributed by atoms with van der Waals surface area (Å²) in [6, 6.07) is 11.5. The standard InChI is InChI=1S/C51H71N5O11/c1-12-42-51(13-2)41(56(49(61)67-51)24-18-17-23-55-29-38(53-30-55)37-22-21-32(4)52-28-37)26-40(57)31(3)27-50(8,62-11)45(34(6)43(58)35(7)46(59)64-42)66-48-44(39(54(9)10)25-33(5)63-48)65-47(60)36-19-15-14-16-20-36/h14-16,19-22,28-31,33-35,39,41-42,44-45,48H,12-13,17-18,23-27H2,1-11H3/t31-,33-,34+,35-,39+,41-,42-,44-,45-,48?,50-,51+/m1/s1. The van der Waals surface area contributed by atoms with Gasteiger partial charge in [-0.1, -0.05) is 45.9 Å². The van der Waals surface area contributed by atoms with Crippen molar-refractivity contribution < 1.29 is 52.4 Å². The molecular weight excluding hydrogens is 859 g/mol. The van der Waals surface area contributed by atoms with Gasteiger partial charge < -0.3 is 42.8 Å². The van der Waals surface area contributed by atoms with Crippen LogP contribution in [0.3, 0.4) is 0 Å². The Balaban J connectivity index is 1.28. The van der Waals surface area contributed by atoms with Gasteiger partial charge in [0.1, 0.15) is 17.8 Å². The second-order valence-corrected chi connectivity index (χ2v) is 19.2. The second-order valence-electron chi connectivity index (χ2n) is 19.2. The van der Waals surface area contributed by atoms with E-state index in [4.69, 9.17) is 28.4 Å². The van der Waals surface area contributed by atoms with Crippen molar-refractivity contribution in [3.05, 3.63) is 72.4 Å². The first kappa shape index (κ1) is 51.4. The summed E-state index contributed by atoms with van der Waals surface area (Å²) < 4.78 is 40.4. The molecule has 366 valence electrons. The largest absolute Gasteiger partial charge is 0.457 e. The third kappa shape index (κ3) is 11.3. The minimum atomic E-state index is -1.36. The predicted octanol–water partition coefficient (Wildman–Crippen LogP) is 7.25. The van der Waals surface area contributed by atoms with E-state index >= 15 is 0 Å². The van der Waals surface area contributed by atoms with Crippen LogP contribution in [0.25, 0.3) is 11.3 Å². The molecule has 3 saturated heterocycles. The number of unbranched alkanes of at least 4 members (excludes halogenated alkanes) is 1. The number of benzene rings is 1. The molecule has 0 saturated carbocycles. The van der Waals surface area contributed by atoms with Crippen LogP contribution < -0.4 is 0 Å². The molecule has 16 heteroatoms. The first-order valence-corrected chi connectivity index (χ1v) is 23.9. The van der Waals surface area contributed by atoms with E-state index in [2.05, 4.69) is 9.97 Å². The van der Waals surface area contributed by atoms with Crippen LogP contribution in [0.4, 0.5) is 4.79 Å². The van der Waals surface area contributed by atoms with Crippen molar-refractivity contribution in [1.82, 2.24) is 24.3 Å². The summed E-state index contributed by atoms with van der Waals surface area (Å²) in [6.45, 7) is 15.2. The van der Waals surface area contributed by atoms with Crippen LogP contribution in [0.1, 0.15) is 109 Å². The summed E-state index contributed by atoms with van der Waals surface area (Å²) in [5.41, 5.74) is 0.312. The number of carbonyl (C=O) groups is 5. The van der Waals surface area contributed by atoms with Gasteiger partial charge in [0.2, 0.25) is 0 Å². The van der Waals surface area contributed by atoms with Crippen LogP contribution in [0, 0.1) is 24.7 Å². The van der Waals surface area contributed by atoms with E-state index in [1.165, 1.54) is 14.0 Å². The Labute approximate surface area is 395 Å². The molecule has 0 radical (unpaired) electrons. The fourth-order valence-electron chi connectivity index (χ4n) is 10.2. The first-order chi connectivity index (χ1) is 31.9. The van der Waals surface area contributed by atoms with Crippen LogP contribution in [0.2, 0.25) is 0 Å². The predicted molar refractivity (Wildman–Crippen MR) is 249 cm³/mol. The van der Waals surface area contributed by atoms with Crippen LogP contribution in [-0.4, -0.2) is 136 Å². The van der Waals surface area contributed by atoms with Crippen LogP contribution in [0.15, 0.2) is 61.2 Å². The number of amides is 1.